The van der Waals surface area contributed by atoms with Crippen LogP contribution in [-0.2, 0) is 4.74 Å². The van der Waals surface area contributed by atoms with Gasteiger partial charge in [0, 0.05) is 11.9 Å². The van der Waals surface area contributed by atoms with Gasteiger partial charge in [-0.25, -0.2) is 0 Å². The van der Waals surface area contributed by atoms with E-state index in [1.165, 1.54) is 0 Å². The van der Waals surface area contributed by atoms with E-state index in [4.69, 9.17) is 12.6 Å². The lowest BCUT2D eigenvalue weighted by Crippen LogP contribution is -2.46. The third-order valence-corrected chi connectivity index (χ3v) is 3.33. The highest BCUT2D eigenvalue weighted by molar-refractivity contribution is 6.14. The zero-order valence-electron chi connectivity index (χ0n) is 8.02. The van der Waals surface area contributed by atoms with Crippen LogP contribution >= 0.6 is 0 Å². The van der Waals surface area contributed by atoms with Gasteiger partial charge in [-0.3, -0.25) is 0 Å². The van der Waals surface area contributed by atoms with E-state index < -0.39 is 23.3 Å². The molecular weight excluding hydrogens is 183 g/mol. The van der Waals surface area contributed by atoms with E-state index in [0.717, 1.165) is 0 Å². The molecule has 0 aromatic carbocycles. The maximum Gasteiger partial charge on any atom is 0.117 e. The first kappa shape index (κ1) is 10.4. The van der Waals surface area contributed by atoms with Crippen molar-refractivity contribution in [1.29, 1.82) is 0 Å². The van der Waals surface area contributed by atoms with Gasteiger partial charge in [0.2, 0.25) is 0 Å². The fourth-order valence-electron chi connectivity index (χ4n) is 2.48. The minimum absolute atomic E-state index is 0.222. The second kappa shape index (κ2) is 3.20. The van der Waals surface area contributed by atoms with Crippen molar-refractivity contribution in [2.24, 2.45) is 0 Å². The van der Waals surface area contributed by atoms with Crippen LogP contribution < -0.4 is 0 Å². The van der Waals surface area contributed by atoms with Crippen molar-refractivity contribution in [3.63, 3.8) is 0 Å². The first-order chi connectivity index (χ1) is 6.50. The van der Waals surface area contributed by atoms with Crippen molar-refractivity contribution in [2.45, 2.75) is 49.0 Å². The molecule has 2 aliphatic heterocycles. The normalized spacial score (nSPS) is 53.1. The molecule has 3 N–H and O–H groups in total. The van der Waals surface area contributed by atoms with Crippen LogP contribution in [0.25, 0.3) is 0 Å². The molecule has 0 amide bonds. The maximum atomic E-state index is 9.81. The van der Waals surface area contributed by atoms with Gasteiger partial charge in [-0.15, -0.1) is 0 Å². The monoisotopic (exact) mass is 198 g/mol. The molecule has 2 bridgehead atoms. The summed E-state index contributed by atoms with van der Waals surface area (Å²) < 4.78 is 5.55. The molecule has 0 aromatic heterocycles. The highest BCUT2D eigenvalue weighted by Crippen LogP contribution is 2.44. The Balaban J connectivity index is 2.27. The maximum absolute atomic E-state index is 9.81. The van der Waals surface area contributed by atoms with Crippen LogP contribution in [0.1, 0.15) is 25.7 Å². The van der Waals surface area contributed by atoms with Crippen LogP contribution in [0, 0.1) is 0 Å². The molecule has 14 heavy (non-hydrogen) atoms. The summed E-state index contributed by atoms with van der Waals surface area (Å²) >= 11 is 0. The lowest BCUT2D eigenvalue weighted by molar-refractivity contribution is -0.141. The molecule has 2 unspecified atom stereocenters. The highest BCUT2D eigenvalue weighted by Gasteiger charge is 2.53. The number of hydrogen-bond acceptors (Lipinski definition) is 4. The predicted octanol–water partition coefficient (Wildman–Crippen LogP) is -1.09. The minimum Gasteiger partial charge on any atom is -0.393 e. The number of hydrogen-bond donors (Lipinski definition) is 3. The van der Waals surface area contributed by atoms with Crippen LogP contribution in [0.3, 0.4) is 0 Å². The lowest BCUT2D eigenvalue weighted by Gasteiger charge is -2.32. The summed E-state index contributed by atoms with van der Waals surface area (Å²) in [5, 5.41) is 28.6. The van der Waals surface area contributed by atoms with E-state index in [9.17, 15) is 15.3 Å². The van der Waals surface area contributed by atoms with Crippen LogP contribution in [0.4, 0.5) is 0 Å². The molecule has 2 rings (SSSR count). The number of ether oxygens (including phenoxy) is 1. The van der Waals surface area contributed by atoms with Crippen molar-refractivity contribution in [1.82, 2.24) is 0 Å². The summed E-state index contributed by atoms with van der Waals surface area (Å²) in [6, 6.07) is 0. The molecular formula is C9H15BO4. The van der Waals surface area contributed by atoms with E-state index in [0.29, 0.717) is 19.3 Å². The average Bonchev–Trinajstić information content (AvgIpc) is 2.39. The first-order valence-corrected chi connectivity index (χ1v) is 4.96. The molecule has 0 aromatic rings. The summed E-state index contributed by atoms with van der Waals surface area (Å²) in [7, 11) is 5.91. The Morgan fingerprint density at radius 1 is 1.36 bits per heavy atom. The molecule has 0 spiro atoms. The Morgan fingerprint density at radius 3 is 2.71 bits per heavy atom. The SMILES string of the molecule is [B][C@]12CCC(CO)(O1)C(O)C[C@H](O)C2. The fraction of sp³-hybridized carbons (Fsp3) is 1.00. The summed E-state index contributed by atoms with van der Waals surface area (Å²) in [5.41, 5.74) is -1.83. The van der Waals surface area contributed by atoms with Gasteiger partial charge < -0.3 is 20.1 Å². The number of aliphatic hydroxyl groups excluding tert-OH is 3. The second-order valence-corrected chi connectivity index (χ2v) is 4.50. The van der Waals surface area contributed by atoms with Crippen molar-refractivity contribution in [2.75, 3.05) is 6.61 Å². The third kappa shape index (κ3) is 1.48. The fourth-order valence-corrected chi connectivity index (χ4v) is 2.48. The van der Waals surface area contributed by atoms with Gasteiger partial charge >= 0.3 is 0 Å². The van der Waals surface area contributed by atoms with E-state index in [1.807, 2.05) is 0 Å². The molecule has 2 saturated heterocycles. The summed E-state index contributed by atoms with van der Waals surface area (Å²) in [6.07, 6.45) is 0.181. The Kier molecular flexibility index (Phi) is 2.38. The summed E-state index contributed by atoms with van der Waals surface area (Å²) in [4.78, 5) is 0. The van der Waals surface area contributed by atoms with Crippen molar-refractivity contribution in [3.8, 4) is 0 Å². The Labute approximate surface area is 84.3 Å². The molecule has 2 radical (unpaired) electrons. The van der Waals surface area contributed by atoms with E-state index in [1.54, 1.807) is 0 Å². The van der Waals surface area contributed by atoms with E-state index in [2.05, 4.69) is 0 Å². The molecule has 4 nitrogen and oxygen atoms in total. The lowest BCUT2D eigenvalue weighted by atomic mass is 9.72. The Bertz CT molecular complexity index is 237. The average molecular weight is 198 g/mol. The van der Waals surface area contributed by atoms with E-state index >= 15 is 0 Å². The molecule has 78 valence electrons. The number of rotatable bonds is 1. The van der Waals surface area contributed by atoms with Crippen LogP contribution in [0.5, 0.6) is 0 Å². The molecule has 2 heterocycles. The van der Waals surface area contributed by atoms with Crippen molar-refractivity contribution >= 4 is 7.85 Å². The summed E-state index contributed by atoms with van der Waals surface area (Å²) in [6.45, 7) is -0.250. The highest BCUT2D eigenvalue weighted by atomic mass is 16.6. The standard InChI is InChI=1S/C9H15BO4/c10-9-2-1-8(5-11,14-9)7(13)3-6(12)4-9/h6-7,11-13H,1-5H2/t6-,7?,8?,9+/m0/s1. The van der Waals surface area contributed by atoms with Gasteiger partial charge in [0.15, 0.2) is 0 Å². The predicted molar refractivity (Wildman–Crippen MR) is 49.9 cm³/mol. The number of aliphatic hydroxyl groups is 3. The van der Waals surface area contributed by atoms with Crippen molar-refractivity contribution < 1.29 is 20.1 Å². The largest absolute Gasteiger partial charge is 0.393 e. The zero-order chi connectivity index (χ0) is 10.4. The topological polar surface area (TPSA) is 69.9 Å². The first-order valence-electron chi connectivity index (χ1n) is 4.96. The van der Waals surface area contributed by atoms with Crippen LogP contribution in [0.2, 0.25) is 0 Å². The quantitative estimate of drug-likeness (QED) is 0.468. The van der Waals surface area contributed by atoms with Gasteiger partial charge in [0.05, 0.1) is 18.8 Å². The molecule has 4 atom stereocenters. The Morgan fingerprint density at radius 2 is 2.07 bits per heavy atom. The Hall–Kier alpha value is -0.0951. The van der Waals surface area contributed by atoms with Gasteiger partial charge in [-0.2, -0.15) is 0 Å². The molecule has 5 heteroatoms. The van der Waals surface area contributed by atoms with Gasteiger partial charge in [-0.1, -0.05) is 0 Å². The third-order valence-electron chi connectivity index (χ3n) is 3.33. The number of fused-ring (bicyclic) bond motifs is 2. The minimum atomic E-state index is -0.952. The zero-order valence-corrected chi connectivity index (χ0v) is 8.02. The second-order valence-electron chi connectivity index (χ2n) is 4.50. The molecule has 0 aliphatic carbocycles. The molecule has 2 fully saturated rings. The smallest absolute Gasteiger partial charge is 0.117 e. The molecule has 2 aliphatic rings. The van der Waals surface area contributed by atoms with Gasteiger partial charge in [0.1, 0.15) is 13.4 Å². The van der Waals surface area contributed by atoms with Gasteiger partial charge in [-0.05, 0) is 19.3 Å². The van der Waals surface area contributed by atoms with Crippen LogP contribution in [-0.4, -0.2) is 53.1 Å². The van der Waals surface area contributed by atoms with Crippen LogP contribution in [0.15, 0.2) is 0 Å². The molecule has 0 saturated carbocycles. The van der Waals surface area contributed by atoms with E-state index in [-0.39, 0.29) is 13.0 Å². The summed E-state index contributed by atoms with van der Waals surface area (Å²) in [5.74, 6) is 0. The van der Waals surface area contributed by atoms with Crippen molar-refractivity contribution in [3.05, 3.63) is 0 Å². The van der Waals surface area contributed by atoms with Gasteiger partial charge in [0.25, 0.3) is 0 Å².